The largest absolute Gasteiger partial charge is 0.330 e. The SMILES string of the molecule is CCC(CN)CC(=O)Nc1cc(F)c(F)cc1F. The Labute approximate surface area is 103 Å². The number of nitrogens with one attached hydrogen (secondary N) is 1. The number of hydrogen-bond acceptors (Lipinski definition) is 2. The summed E-state index contributed by atoms with van der Waals surface area (Å²) in [6.07, 6.45) is 0.829. The van der Waals surface area contributed by atoms with Gasteiger partial charge in [-0.25, -0.2) is 13.2 Å². The molecule has 0 fully saturated rings. The topological polar surface area (TPSA) is 55.1 Å². The molecule has 0 aliphatic heterocycles. The van der Waals surface area contributed by atoms with Gasteiger partial charge in [0.1, 0.15) is 5.82 Å². The number of carbonyl (C=O) groups is 1. The Bertz CT molecular complexity index is 434. The summed E-state index contributed by atoms with van der Waals surface area (Å²) >= 11 is 0. The van der Waals surface area contributed by atoms with E-state index >= 15 is 0 Å². The Morgan fingerprint density at radius 2 is 1.89 bits per heavy atom. The molecular weight excluding hydrogens is 245 g/mol. The van der Waals surface area contributed by atoms with Gasteiger partial charge in [-0.3, -0.25) is 4.79 Å². The van der Waals surface area contributed by atoms with Crippen LogP contribution in [0.4, 0.5) is 18.9 Å². The number of carbonyl (C=O) groups excluding carboxylic acids is 1. The van der Waals surface area contributed by atoms with E-state index in [0.29, 0.717) is 25.1 Å². The molecule has 3 N–H and O–H groups in total. The highest BCUT2D eigenvalue weighted by Gasteiger charge is 2.14. The quantitative estimate of drug-likeness (QED) is 0.799. The minimum atomic E-state index is -1.29. The first-order valence-electron chi connectivity index (χ1n) is 5.62. The zero-order valence-electron chi connectivity index (χ0n) is 9.97. The van der Waals surface area contributed by atoms with Crippen LogP contribution in [0, 0.1) is 23.4 Å². The van der Waals surface area contributed by atoms with Crippen LogP contribution in [0.25, 0.3) is 0 Å². The first-order chi connectivity index (χ1) is 8.47. The van der Waals surface area contributed by atoms with Crippen LogP contribution in [0.3, 0.4) is 0 Å². The van der Waals surface area contributed by atoms with Crippen molar-refractivity contribution in [3.63, 3.8) is 0 Å². The van der Waals surface area contributed by atoms with Crippen molar-refractivity contribution in [3.05, 3.63) is 29.6 Å². The molecule has 6 heteroatoms. The maximum atomic E-state index is 13.2. The Kier molecular flexibility index (Phi) is 5.15. The average molecular weight is 260 g/mol. The minimum Gasteiger partial charge on any atom is -0.330 e. The lowest BCUT2D eigenvalue weighted by Gasteiger charge is -2.12. The van der Waals surface area contributed by atoms with Gasteiger partial charge >= 0.3 is 0 Å². The van der Waals surface area contributed by atoms with E-state index in [9.17, 15) is 18.0 Å². The van der Waals surface area contributed by atoms with Crippen molar-refractivity contribution in [1.29, 1.82) is 0 Å². The standard InChI is InChI=1S/C12H15F3N2O/c1-2-7(6-16)3-12(18)17-11-5-9(14)8(13)4-10(11)15/h4-5,7H,2-3,6,16H2,1H3,(H,17,18). The molecule has 0 saturated carbocycles. The van der Waals surface area contributed by atoms with Crippen LogP contribution in [-0.2, 0) is 4.79 Å². The maximum absolute atomic E-state index is 13.2. The molecule has 0 aromatic heterocycles. The summed E-state index contributed by atoms with van der Waals surface area (Å²) in [7, 11) is 0. The van der Waals surface area contributed by atoms with E-state index in [0.717, 1.165) is 0 Å². The number of hydrogen-bond donors (Lipinski definition) is 2. The fourth-order valence-electron chi connectivity index (χ4n) is 1.48. The van der Waals surface area contributed by atoms with E-state index in [1.807, 2.05) is 6.92 Å². The molecule has 100 valence electrons. The van der Waals surface area contributed by atoms with E-state index in [4.69, 9.17) is 5.73 Å². The highest BCUT2D eigenvalue weighted by molar-refractivity contribution is 5.91. The summed E-state index contributed by atoms with van der Waals surface area (Å²) in [6.45, 7) is 2.22. The van der Waals surface area contributed by atoms with Crippen molar-refractivity contribution >= 4 is 11.6 Å². The Morgan fingerprint density at radius 1 is 1.28 bits per heavy atom. The zero-order chi connectivity index (χ0) is 13.7. The van der Waals surface area contributed by atoms with Crippen molar-refractivity contribution in [3.8, 4) is 0 Å². The lowest BCUT2D eigenvalue weighted by atomic mass is 10.0. The minimum absolute atomic E-state index is 0.0154. The van der Waals surface area contributed by atoms with E-state index in [1.165, 1.54) is 0 Å². The van der Waals surface area contributed by atoms with Crippen LogP contribution in [-0.4, -0.2) is 12.5 Å². The molecular formula is C12H15F3N2O. The summed E-state index contributed by atoms with van der Waals surface area (Å²) in [5.74, 6) is -4.00. The first-order valence-corrected chi connectivity index (χ1v) is 5.62. The highest BCUT2D eigenvalue weighted by Crippen LogP contribution is 2.19. The van der Waals surface area contributed by atoms with Gasteiger partial charge < -0.3 is 11.1 Å². The van der Waals surface area contributed by atoms with Crippen LogP contribution in [0.1, 0.15) is 19.8 Å². The van der Waals surface area contributed by atoms with Crippen molar-refractivity contribution in [1.82, 2.24) is 0 Å². The van der Waals surface area contributed by atoms with Gasteiger partial charge in [0, 0.05) is 18.6 Å². The van der Waals surface area contributed by atoms with Crippen molar-refractivity contribution in [2.75, 3.05) is 11.9 Å². The summed E-state index contributed by atoms with van der Waals surface area (Å²) < 4.78 is 38.8. The summed E-state index contributed by atoms with van der Waals surface area (Å²) in [6, 6.07) is 1.01. The lowest BCUT2D eigenvalue weighted by molar-refractivity contribution is -0.117. The van der Waals surface area contributed by atoms with E-state index < -0.39 is 23.4 Å². The van der Waals surface area contributed by atoms with E-state index in [-0.39, 0.29) is 18.0 Å². The molecule has 0 spiro atoms. The molecule has 1 unspecified atom stereocenters. The summed E-state index contributed by atoms with van der Waals surface area (Å²) in [5.41, 5.74) is 5.07. The molecule has 0 saturated heterocycles. The molecule has 1 rings (SSSR count). The fourth-order valence-corrected chi connectivity index (χ4v) is 1.48. The third-order valence-electron chi connectivity index (χ3n) is 2.67. The molecule has 0 radical (unpaired) electrons. The van der Waals surface area contributed by atoms with Crippen molar-refractivity contribution in [2.45, 2.75) is 19.8 Å². The van der Waals surface area contributed by atoms with Crippen LogP contribution in [0.5, 0.6) is 0 Å². The van der Waals surface area contributed by atoms with Gasteiger partial charge in [-0.05, 0) is 12.5 Å². The second-order valence-electron chi connectivity index (χ2n) is 4.01. The van der Waals surface area contributed by atoms with Gasteiger partial charge in [0.15, 0.2) is 11.6 Å². The molecule has 0 bridgehead atoms. The summed E-state index contributed by atoms with van der Waals surface area (Å²) in [5, 5.41) is 2.20. The third-order valence-corrected chi connectivity index (χ3v) is 2.67. The van der Waals surface area contributed by atoms with Gasteiger partial charge in [0.05, 0.1) is 5.69 Å². The van der Waals surface area contributed by atoms with Crippen LogP contribution in [0.15, 0.2) is 12.1 Å². The Hall–Kier alpha value is -1.56. The number of nitrogens with two attached hydrogens (primary N) is 1. The zero-order valence-corrected chi connectivity index (χ0v) is 9.97. The Balaban J connectivity index is 2.73. The van der Waals surface area contributed by atoms with E-state index in [2.05, 4.69) is 5.32 Å². The van der Waals surface area contributed by atoms with Gasteiger partial charge in [0.2, 0.25) is 5.91 Å². The molecule has 1 amide bonds. The van der Waals surface area contributed by atoms with Crippen LogP contribution >= 0.6 is 0 Å². The van der Waals surface area contributed by atoms with Gasteiger partial charge in [-0.1, -0.05) is 13.3 Å². The molecule has 3 nitrogen and oxygen atoms in total. The molecule has 0 aliphatic carbocycles. The molecule has 0 heterocycles. The second kappa shape index (κ2) is 6.39. The predicted molar refractivity (Wildman–Crippen MR) is 62.4 cm³/mol. The molecule has 18 heavy (non-hydrogen) atoms. The van der Waals surface area contributed by atoms with Crippen molar-refractivity contribution < 1.29 is 18.0 Å². The van der Waals surface area contributed by atoms with Crippen molar-refractivity contribution in [2.24, 2.45) is 11.7 Å². The first kappa shape index (κ1) is 14.5. The second-order valence-corrected chi connectivity index (χ2v) is 4.01. The smallest absolute Gasteiger partial charge is 0.224 e. The monoisotopic (exact) mass is 260 g/mol. The Morgan fingerprint density at radius 3 is 2.44 bits per heavy atom. The molecule has 1 aromatic rings. The maximum Gasteiger partial charge on any atom is 0.224 e. The number of anilines is 1. The molecule has 0 aliphatic rings. The summed E-state index contributed by atoms with van der Waals surface area (Å²) in [4.78, 5) is 11.5. The van der Waals surface area contributed by atoms with Gasteiger partial charge in [0.25, 0.3) is 0 Å². The lowest BCUT2D eigenvalue weighted by Crippen LogP contribution is -2.22. The van der Waals surface area contributed by atoms with Crippen LogP contribution < -0.4 is 11.1 Å². The molecule has 1 aromatic carbocycles. The number of rotatable bonds is 5. The number of amides is 1. The van der Waals surface area contributed by atoms with Crippen LogP contribution in [0.2, 0.25) is 0 Å². The fraction of sp³-hybridized carbons (Fsp3) is 0.417. The predicted octanol–water partition coefficient (Wildman–Crippen LogP) is 2.42. The van der Waals surface area contributed by atoms with Gasteiger partial charge in [-0.15, -0.1) is 0 Å². The normalized spacial score (nSPS) is 12.3. The number of benzene rings is 1. The average Bonchev–Trinajstić information content (AvgIpc) is 2.33. The third kappa shape index (κ3) is 3.73. The van der Waals surface area contributed by atoms with Gasteiger partial charge in [-0.2, -0.15) is 0 Å². The number of halogens is 3. The molecule has 1 atom stereocenters. The van der Waals surface area contributed by atoms with E-state index in [1.54, 1.807) is 0 Å². The highest BCUT2D eigenvalue weighted by atomic mass is 19.2.